The van der Waals surface area contributed by atoms with Gasteiger partial charge in [-0.3, -0.25) is 0 Å². The van der Waals surface area contributed by atoms with Crippen molar-refractivity contribution in [2.45, 2.75) is 65.3 Å². The number of hydrogen-bond donors (Lipinski definition) is 1. The molecule has 4 nitrogen and oxygen atoms in total. The molecule has 0 spiro atoms. The van der Waals surface area contributed by atoms with Gasteiger partial charge in [0.05, 0.1) is 14.2 Å². The lowest BCUT2D eigenvalue weighted by atomic mass is 9.78. The number of phenols is 1. The standard InChI is InChI=1S/C26H39NO3/c1-25(2,3)20-14-19(15-21(24(20)28)26(4,5)6)17-27(7)13-12-18-10-11-22(29-8)23(16-18)30-9/h10-11,14-16,28H,12-13,17H2,1-9H3. The van der Waals surface area contributed by atoms with E-state index in [0.717, 1.165) is 42.1 Å². The molecule has 0 radical (unpaired) electrons. The molecule has 0 bridgehead atoms. The van der Waals surface area contributed by atoms with Crippen molar-refractivity contribution in [3.05, 3.63) is 52.6 Å². The van der Waals surface area contributed by atoms with E-state index in [0.29, 0.717) is 5.75 Å². The van der Waals surface area contributed by atoms with Gasteiger partial charge in [-0.25, -0.2) is 0 Å². The van der Waals surface area contributed by atoms with E-state index in [1.165, 1.54) is 11.1 Å². The van der Waals surface area contributed by atoms with Crippen LogP contribution in [0.4, 0.5) is 0 Å². The summed E-state index contributed by atoms with van der Waals surface area (Å²) in [5.74, 6) is 1.95. The van der Waals surface area contributed by atoms with Crippen LogP contribution in [0, 0.1) is 0 Å². The van der Waals surface area contributed by atoms with Crippen LogP contribution in [0.1, 0.15) is 63.8 Å². The normalized spacial score (nSPS) is 12.3. The van der Waals surface area contributed by atoms with Crippen LogP contribution in [0.25, 0.3) is 0 Å². The Morgan fingerprint density at radius 1 is 0.800 bits per heavy atom. The molecular formula is C26H39NO3. The van der Waals surface area contributed by atoms with Crippen molar-refractivity contribution in [2.24, 2.45) is 0 Å². The van der Waals surface area contributed by atoms with Crippen LogP contribution in [-0.4, -0.2) is 37.8 Å². The molecule has 0 saturated carbocycles. The first-order valence-corrected chi connectivity index (χ1v) is 10.6. The number of benzene rings is 2. The van der Waals surface area contributed by atoms with E-state index in [-0.39, 0.29) is 10.8 Å². The zero-order valence-corrected chi connectivity index (χ0v) is 20.2. The monoisotopic (exact) mass is 413 g/mol. The van der Waals surface area contributed by atoms with Crippen LogP contribution in [0.15, 0.2) is 30.3 Å². The molecule has 1 N–H and O–H groups in total. The number of likely N-dealkylation sites (N-methyl/N-ethyl adjacent to an activating group) is 1. The summed E-state index contributed by atoms with van der Waals surface area (Å²) in [6.45, 7) is 14.7. The molecule has 2 aromatic carbocycles. The molecule has 0 amide bonds. The van der Waals surface area contributed by atoms with Crippen molar-refractivity contribution in [1.29, 1.82) is 0 Å². The van der Waals surface area contributed by atoms with Crippen LogP contribution >= 0.6 is 0 Å². The fraction of sp³-hybridized carbons (Fsp3) is 0.538. The van der Waals surface area contributed by atoms with E-state index in [2.05, 4.69) is 71.7 Å². The second-order valence-electron chi connectivity index (χ2n) is 10.2. The van der Waals surface area contributed by atoms with Crippen LogP contribution in [0.3, 0.4) is 0 Å². The molecule has 0 aliphatic carbocycles. The Hall–Kier alpha value is -2.20. The molecule has 30 heavy (non-hydrogen) atoms. The molecule has 0 heterocycles. The average molecular weight is 414 g/mol. The first-order chi connectivity index (χ1) is 13.9. The molecule has 0 aromatic heterocycles. The Bertz CT molecular complexity index is 825. The van der Waals surface area contributed by atoms with Gasteiger partial charge in [0.1, 0.15) is 5.75 Å². The molecule has 2 rings (SSSR count). The number of phenolic OH excluding ortho intramolecular Hbond substituents is 1. The number of aromatic hydroxyl groups is 1. The molecule has 2 aromatic rings. The van der Waals surface area contributed by atoms with Crippen LogP contribution in [0.2, 0.25) is 0 Å². The Labute approximate surface area is 182 Å². The predicted molar refractivity (Wildman–Crippen MR) is 125 cm³/mol. The molecule has 0 unspecified atom stereocenters. The van der Waals surface area contributed by atoms with E-state index < -0.39 is 0 Å². The van der Waals surface area contributed by atoms with Gasteiger partial charge >= 0.3 is 0 Å². The molecular weight excluding hydrogens is 374 g/mol. The van der Waals surface area contributed by atoms with E-state index in [1.54, 1.807) is 14.2 Å². The summed E-state index contributed by atoms with van der Waals surface area (Å²) in [6, 6.07) is 10.4. The molecule has 0 saturated heterocycles. The second kappa shape index (κ2) is 9.30. The molecule has 0 aliphatic heterocycles. The summed E-state index contributed by atoms with van der Waals surface area (Å²) in [6.07, 6.45) is 0.924. The third-order valence-electron chi connectivity index (χ3n) is 5.47. The fourth-order valence-electron chi connectivity index (χ4n) is 3.68. The van der Waals surface area contributed by atoms with Crippen LogP contribution in [-0.2, 0) is 23.8 Å². The van der Waals surface area contributed by atoms with Gasteiger partial charge in [0, 0.05) is 13.1 Å². The predicted octanol–water partition coefficient (Wildman–Crippen LogP) is 5.68. The summed E-state index contributed by atoms with van der Waals surface area (Å²) < 4.78 is 10.7. The van der Waals surface area contributed by atoms with Gasteiger partial charge in [0.2, 0.25) is 0 Å². The molecule has 0 aliphatic rings. The highest BCUT2D eigenvalue weighted by Crippen LogP contribution is 2.40. The largest absolute Gasteiger partial charge is 0.507 e. The van der Waals surface area contributed by atoms with Gasteiger partial charge in [0.25, 0.3) is 0 Å². The maximum atomic E-state index is 10.9. The zero-order chi connectivity index (χ0) is 22.7. The van der Waals surface area contributed by atoms with Crippen molar-refractivity contribution in [3.8, 4) is 17.2 Å². The average Bonchev–Trinajstić information content (AvgIpc) is 2.65. The number of methoxy groups -OCH3 is 2. The van der Waals surface area contributed by atoms with Crippen LogP contribution in [0.5, 0.6) is 17.2 Å². The maximum absolute atomic E-state index is 10.9. The Morgan fingerprint density at radius 2 is 1.33 bits per heavy atom. The lowest BCUT2D eigenvalue weighted by Gasteiger charge is -2.29. The first-order valence-electron chi connectivity index (χ1n) is 10.6. The zero-order valence-electron chi connectivity index (χ0n) is 20.2. The van der Waals surface area contributed by atoms with Crippen molar-refractivity contribution >= 4 is 0 Å². The van der Waals surface area contributed by atoms with Crippen molar-refractivity contribution in [3.63, 3.8) is 0 Å². The van der Waals surface area contributed by atoms with Gasteiger partial charge in [-0.15, -0.1) is 0 Å². The SMILES string of the molecule is COc1ccc(CCN(C)Cc2cc(C(C)(C)C)c(O)c(C(C)(C)C)c2)cc1OC. The fourth-order valence-corrected chi connectivity index (χ4v) is 3.68. The van der Waals surface area contributed by atoms with Gasteiger partial charge in [0.15, 0.2) is 11.5 Å². The lowest BCUT2D eigenvalue weighted by molar-refractivity contribution is 0.328. The molecule has 166 valence electrons. The molecule has 4 heteroatoms. The minimum Gasteiger partial charge on any atom is -0.507 e. The van der Waals surface area contributed by atoms with Crippen molar-refractivity contribution in [1.82, 2.24) is 4.90 Å². The van der Waals surface area contributed by atoms with Gasteiger partial charge in [-0.2, -0.15) is 0 Å². The number of ether oxygens (including phenoxy) is 2. The quantitative estimate of drug-likeness (QED) is 0.634. The minimum atomic E-state index is -0.113. The summed E-state index contributed by atoms with van der Waals surface area (Å²) >= 11 is 0. The Balaban J connectivity index is 2.19. The molecule has 0 fully saturated rings. The highest BCUT2D eigenvalue weighted by atomic mass is 16.5. The maximum Gasteiger partial charge on any atom is 0.160 e. The summed E-state index contributed by atoms with van der Waals surface area (Å²) in [5, 5.41) is 10.9. The van der Waals surface area contributed by atoms with E-state index in [9.17, 15) is 5.11 Å². The van der Waals surface area contributed by atoms with E-state index in [1.807, 2.05) is 12.1 Å². The molecule has 0 atom stereocenters. The Kier molecular flexibility index (Phi) is 7.46. The van der Waals surface area contributed by atoms with Gasteiger partial charge in [-0.1, -0.05) is 59.7 Å². The second-order valence-corrected chi connectivity index (χ2v) is 10.2. The summed E-state index contributed by atoms with van der Waals surface area (Å²) in [7, 11) is 5.46. The van der Waals surface area contributed by atoms with Gasteiger partial charge in [-0.05, 0) is 58.7 Å². The number of nitrogens with zero attached hydrogens (tertiary/aromatic N) is 1. The summed E-state index contributed by atoms with van der Waals surface area (Å²) in [4.78, 5) is 2.32. The van der Waals surface area contributed by atoms with E-state index >= 15 is 0 Å². The van der Waals surface area contributed by atoms with Gasteiger partial charge < -0.3 is 19.5 Å². The number of rotatable bonds is 7. The highest BCUT2D eigenvalue weighted by Gasteiger charge is 2.26. The lowest BCUT2D eigenvalue weighted by Crippen LogP contribution is -2.23. The first kappa shape index (κ1) is 24.1. The third kappa shape index (κ3) is 5.91. The third-order valence-corrected chi connectivity index (χ3v) is 5.47. The highest BCUT2D eigenvalue weighted by molar-refractivity contribution is 5.50. The minimum absolute atomic E-state index is 0.113. The van der Waals surface area contributed by atoms with Crippen molar-refractivity contribution < 1.29 is 14.6 Å². The smallest absolute Gasteiger partial charge is 0.160 e. The topological polar surface area (TPSA) is 41.9 Å². The summed E-state index contributed by atoms with van der Waals surface area (Å²) in [5.41, 5.74) is 4.25. The number of hydrogen-bond acceptors (Lipinski definition) is 4. The van der Waals surface area contributed by atoms with E-state index in [4.69, 9.17) is 9.47 Å². The Morgan fingerprint density at radius 3 is 1.80 bits per heavy atom. The van der Waals surface area contributed by atoms with Crippen molar-refractivity contribution in [2.75, 3.05) is 27.8 Å². The van der Waals surface area contributed by atoms with Crippen LogP contribution < -0.4 is 9.47 Å².